The first-order valence-corrected chi connectivity index (χ1v) is 13.9. The Labute approximate surface area is 235 Å². The molecule has 2 N–H and O–H groups in total. The third kappa shape index (κ3) is 6.10. The maximum atomic E-state index is 14.1. The normalized spacial score (nSPS) is 12.5. The molecule has 0 fully saturated rings. The molecule has 0 atom stereocenters. The summed E-state index contributed by atoms with van der Waals surface area (Å²) in [5.74, 6) is -1.70. The van der Waals surface area contributed by atoms with Crippen LogP contribution in [0.15, 0.2) is 67.3 Å². The number of halogens is 10. The smallest absolute Gasteiger partial charge is 0.290 e. The van der Waals surface area contributed by atoms with E-state index in [9.17, 15) is 35.1 Å². The molecule has 3 nitrogen and oxygen atoms in total. The van der Waals surface area contributed by atoms with E-state index in [1.807, 2.05) is 0 Å². The van der Waals surface area contributed by atoms with Crippen molar-refractivity contribution in [2.45, 2.75) is 33.9 Å². The van der Waals surface area contributed by atoms with E-state index >= 15 is 0 Å². The number of imidazole rings is 1. The van der Waals surface area contributed by atoms with Gasteiger partial charge in [-0.15, -0.1) is 0 Å². The van der Waals surface area contributed by atoms with Crippen molar-refractivity contribution >= 4 is 72.4 Å². The van der Waals surface area contributed by atoms with Crippen LogP contribution in [-0.2, 0) is 24.1 Å². The van der Waals surface area contributed by atoms with Gasteiger partial charge in [0.2, 0.25) is 0 Å². The first kappa shape index (κ1) is 29.0. The van der Waals surface area contributed by atoms with Crippen LogP contribution in [0.5, 0.6) is 0 Å². The first-order valence-electron chi connectivity index (χ1n) is 10.3. The minimum absolute atomic E-state index is 0.0603. The minimum atomic E-state index is -5.13. The summed E-state index contributed by atoms with van der Waals surface area (Å²) >= 11 is 8.43. The molecule has 0 bridgehead atoms. The molecule has 0 aliphatic heterocycles. The Kier molecular flexibility index (Phi) is 8.32. The van der Waals surface area contributed by atoms with Gasteiger partial charge in [0.05, 0.1) is 11.1 Å². The van der Waals surface area contributed by atoms with Crippen LogP contribution in [0.3, 0.4) is 0 Å². The summed E-state index contributed by atoms with van der Waals surface area (Å²) in [6, 6.07) is 8.21. The zero-order chi connectivity index (χ0) is 28.0. The second-order valence-corrected chi connectivity index (χ2v) is 11.5. The largest absolute Gasteiger partial charge is 0.419 e. The van der Waals surface area contributed by atoms with Gasteiger partial charge in [0.1, 0.15) is 28.9 Å². The van der Waals surface area contributed by atoms with Gasteiger partial charge in [-0.1, -0.05) is 23.5 Å². The molecule has 0 spiro atoms. The zero-order valence-corrected chi connectivity index (χ0v) is 23.4. The first-order chi connectivity index (χ1) is 17.7. The van der Waals surface area contributed by atoms with Crippen molar-refractivity contribution < 1.29 is 39.7 Å². The van der Waals surface area contributed by atoms with E-state index < -0.39 is 40.6 Å². The summed E-state index contributed by atoms with van der Waals surface area (Å²) in [4.78, 5) is 0.969. The van der Waals surface area contributed by atoms with Gasteiger partial charge in [-0.05, 0) is 80.4 Å². The van der Waals surface area contributed by atoms with Gasteiger partial charge in [0, 0.05) is 18.7 Å². The molecule has 4 aromatic rings. The molecule has 0 amide bonds. The lowest BCUT2D eigenvalue weighted by Gasteiger charge is -2.13. The number of anilines is 1. The Hall–Kier alpha value is -1.97. The lowest BCUT2D eigenvalue weighted by molar-refractivity contribution is -0.635. The highest BCUT2D eigenvalue weighted by molar-refractivity contribution is 9.10. The van der Waals surface area contributed by atoms with Crippen LogP contribution in [0, 0.1) is 11.6 Å². The van der Waals surface area contributed by atoms with Crippen LogP contribution < -0.4 is 10.3 Å². The third-order valence-corrected chi connectivity index (χ3v) is 9.27. The summed E-state index contributed by atoms with van der Waals surface area (Å²) in [6.45, 7) is 0. The molecule has 0 aliphatic rings. The number of benzene rings is 3. The van der Waals surface area contributed by atoms with Gasteiger partial charge < -0.3 is 0 Å². The van der Waals surface area contributed by atoms with Gasteiger partial charge in [-0.2, -0.15) is 26.3 Å². The van der Waals surface area contributed by atoms with Crippen molar-refractivity contribution in [3.63, 3.8) is 0 Å². The molecular formula is C23H14Br2F8N3S2+. The SMILES string of the molecule is Nc1n(CSc2ccc(F)cc2Br)c2cc(C(F)(F)F)cc(C(F)(F)F)c2[n+]1CSc1ccc(F)cc1Br. The molecule has 0 saturated heterocycles. The standard InChI is InChI=1S/C23H13Br2F8N3S2/c24-15-7-12(26)1-3-18(15)37-9-35-17-6-11(22(28,29)30)5-14(23(31,32)33)20(17)36(21(35)34)10-38-19-4-2-13(27)8-16(19)25/h1-8,34H,9-10H2/p+1. The van der Waals surface area contributed by atoms with Crippen LogP contribution in [0.2, 0.25) is 0 Å². The molecule has 202 valence electrons. The Morgan fingerprint density at radius 1 is 0.789 bits per heavy atom. The number of nitrogens with two attached hydrogens (primary N) is 1. The molecule has 38 heavy (non-hydrogen) atoms. The van der Waals surface area contributed by atoms with Crippen molar-refractivity contribution in [2.75, 3.05) is 5.73 Å². The Morgan fingerprint density at radius 2 is 1.34 bits per heavy atom. The number of hydrogen-bond acceptors (Lipinski definition) is 3. The number of nitrogens with zero attached hydrogens (tertiary/aromatic N) is 2. The quantitative estimate of drug-likeness (QED) is 0.124. The number of nitrogen functional groups attached to an aromatic ring is 1. The van der Waals surface area contributed by atoms with Crippen molar-refractivity contribution in [3.8, 4) is 0 Å². The molecule has 0 aliphatic carbocycles. The average Bonchev–Trinajstić information content (AvgIpc) is 3.06. The molecule has 0 saturated carbocycles. The molecule has 1 aromatic heterocycles. The van der Waals surface area contributed by atoms with Crippen molar-refractivity contribution in [1.82, 2.24) is 4.57 Å². The van der Waals surface area contributed by atoms with Crippen LogP contribution >= 0.6 is 55.4 Å². The number of alkyl halides is 6. The van der Waals surface area contributed by atoms with E-state index in [-0.39, 0.29) is 29.3 Å². The van der Waals surface area contributed by atoms with E-state index in [0.717, 1.165) is 32.7 Å². The summed E-state index contributed by atoms with van der Waals surface area (Å²) in [7, 11) is 0. The zero-order valence-electron chi connectivity index (χ0n) is 18.6. The van der Waals surface area contributed by atoms with Crippen LogP contribution in [-0.4, -0.2) is 4.57 Å². The van der Waals surface area contributed by atoms with E-state index in [4.69, 9.17) is 5.73 Å². The Morgan fingerprint density at radius 3 is 1.84 bits per heavy atom. The molecule has 0 unspecified atom stereocenters. The monoisotopic (exact) mass is 706 g/mol. The van der Waals surface area contributed by atoms with Gasteiger partial charge >= 0.3 is 18.3 Å². The highest BCUT2D eigenvalue weighted by Gasteiger charge is 2.42. The lowest BCUT2D eigenvalue weighted by atomic mass is 10.1. The van der Waals surface area contributed by atoms with E-state index in [1.54, 1.807) is 0 Å². The highest BCUT2D eigenvalue weighted by atomic mass is 79.9. The molecule has 0 radical (unpaired) electrons. The molecular weight excluding hydrogens is 694 g/mol. The summed E-state index contributed by atoms with van der Waals surface area (Å²) in [6.07, 6.45) is -10.2. The third-order valence-electron chi connectivity index (χ3n) is 5.32. The lowest BCUT2D eigenvalue weighted by Crippen LogP contribution is -2.36. The van der Waals surface area contributed by atoms with Gasteiger partial charge in [-0.3, -0.25) is 5.73 Å². The maximum Gasteiger partial charge on any atom is 0.419 e. The summed E-state index contributed by atoms with van der Waals surface area (Å²) < 4.78 is 113. The Bertz CT molecular complexity index is 1520. The highest BCUT2D eigenvalue weighted by Crippen LogP contribution is 2.41. The predicted octanol–water partition coefficient (Wildman–Crippen LogP) is 8.85. The van der Waals surface area contributed by atoms with E-state index in [2.05, 4.69) is 31.9 Å². The Balaban J connectivity index is 1.88. The van der Waals surface area contributed by atoms with E-state index in [1.165, 1.54) is 36.4 Å². The summed E-state index contributed by atoms with van der Waals surface area (Å²) in [5, 5.41) is 0. The predicted molar refractivity (Wildman–Crippen MR) is 136 cm³/mol. The van der Waals surface area contributed by atoms with Crippen molar-refractivity contribution in [2.24, 2.45) is 0 Å². The second kappa shape index (κ2) is 10.9. The fourth-order valence-electron chi connectivity index (χ4n) is 3.59. The molecule has 1 heterocycles. The van der Waals surface area contributed by atoms with E-state index in [0.29, 0.717) is 24.8 Å². The molecule has 15 heteroatoms. The van der Waals surface area contributed by atoms with Gasteiger partial charge in [-0.25, -0.2) is 17.9 Å². The fraction of sp³-hybridized carbons (Fsp3) is 0.174. The second-order valence-electron chi connectivity index (χ2n) is 7.80. The number of fused-ring (bicyclic) bond motifs is 1. The minimum Gasteiger partial charge on any atom is -0.290 e. The number of rotatable bonds is 6. The van der Waals surface area contributed by atoms with Crippen LogP contribution in [0.1, 0.15) is 11.1 Å². The fourth-order valence-corrected chi connectivity index (χ4v) is 6.77. The topological polar surface area (TPSA) is 34.8 Å². The summed E-state index contributed by atoms with van der Waals surface area (Å²) in [5.41, 5.74) is 2.35. The average molecular weight is 708 g/mol. The number of thioether (sulfide) groups is 2. The van der Waals surface area contributed by atoms with Crippen molar-refractivity contribution in [1.29, 1.82) is 0 Å². The number of aromatic nitrogens is 2. The van der Waals surface area contributed by atoms with Gasteiger partial charge in [0.15, 0.2) is 5.52 Å². The van der Waals surface area contributed by atoms with Crippen molar-refractivity contribution in [3.05, 3.63) is 80.2 Å². The molecule has 4 rings (SSSR count). The number of hydrogen-bond donors (Lipinski definition) is 1. The maximum absolute atomic E-state index is 14.1. The van der Waals surface area contributed by atoms with Crippen LogP contribution in [0.4, 0.5) is 41.1 Å². The molecule has 3 aromatic carbocycles. The van der Waals surface area contributed by atoms with Gasteiger partial charge in [0.25, 0.3) is 0 Å². The van der Waals surface area contributed by atoms with Crippen LogP contribution in [0.25, 0.3) is 11.0 Å².